The van der Waals surface area contributed by atoms with Gasteiger partial charge in [0.05, 0.1) is 0 Å². The summed E-state index contributed by atoms with van der Waals surface area (Å²) >= 11 is 1.50. The quantitative estimate of drug-likeness (QED) is 0.538. The number of hydrogen-bond donors (Lipinski definition) is 1. The molecule has 62 valence electrons. The molecule has 0 bridgehead atoms. The molecule has 0 aromatic heterocycles. The molecule has 7 heteroatoms. The minimum atomic E-state index is -5.08. The second-order valence-electron chi connectivity index (χ2n) is 1.56. The molecule has 1 nitrogen and oxygen atoms in total. The number of hydrogen-bond acceptors (Lipinski definition) is 1. The van der Waals surface area contributed by atoms with Crippen molar-refractivity contribution in [3.05, 3.63) is 0 Å². The lowest BCUT2D eigenvalue weighted by atomic mass is 10.3. The molecule has 0 aromatic rings. The van der Waals surface area contributed by atoms with Crippen molar-refractivity contribution in [2.45, 2.75) is 17.0 Å². The maximum Gasteiger partial charge on any atom is 0.410 e. The van der Waals surface area contributed by atoms with Gasteiger partial charge in [-0.3, -0.25) is 0 Å². The van der Waals surface area contributed by atoms with E-state index in [-0.39, 0.29) is 0 Å². The lowest BCUT2D eigenvalue weighted by Crippen LogP contribution is -2.48. The Hall–Kier alpha value is 0.0900. The molecule has 10 heavy (non-hydrogen) atoms. The third-order valence-corrected chi connectivity index (χ3v) is 1.20. The maximum atomic E-state index is 11.7. The average Bonchev–Trinajstić information content (AvgIpc) is 1.59. The summed E-state index contributed by atoms with van der Waals surface area (Å²) in [6.45, 7) is 0. The van der Waals surface area contributed by atoms with Crippen molar-refractivity contribution in [1.29, 1.82) is 0 Å². The van der Waals surface area contributed by atoms with E-state index in [0.29, 0.717) is 0 Å². The Morgan fingerprint density at radius 2 is 1.40 bits per heavy atom. The SMILES string of the molecule is NC(C(F)(F)F)C(F)(F)Br. The molecule has 0 aliphatic heterocycles. The standard InChI is InChI=1S/C3H3BrF5N/c4-2(5,6)1(10)3(7,8)9/h1H,10H2. The van der Waals surface area contributed by atoms with E-state index in [4.69, 9.17) is 0 Å². The summed E-state index contributed by atoms with van der Waals surface area (Å²) in [7, 11) is 0. The van der Waals surface area contributed by atoms with Gasteiger partial charge in [0.2, 0.25) is 0 Å². The van der Waals surface area contributed by atoms with Crippen LogP contribution in [0.15, 0.2) is 0 Å². The van der Waals surface area contributed by atoms with Crippen LogP contribution in [0.1, 0.15) is 0 Å². The molecule has 0 aliphatic rings. The maximum absolute atomic E-state index is 11.7. The van der Waals surface area contributed by atoms with Crippen molar-refractivity contribution in [3.63, 3.8) is 0 Å². The predicted octanol–water partition coefficient (Wildman–Crippen LogP) is 1.86. The molecule has 0 aromatic carbocycles. The van der Waals surface area contributed by atoms with Gasteiger partial charge in [-0.1, -0.05) is 0 Å². The number of halogens is 6. The molecule has 0 radical (unpaired) electrons. The van der Waals surface area contributed by atoms with E-state index in [9.17, 15) is 22.0 Å². The van der Waals surface area contributed by atoms with Gasteiger partial charge in [0.25, 0.3) is 0 Å². The summed E-state index contributed by atoms with van der Waals surface area (Å²) in [5.74, 6) is 0. The Morgan fingerprint density at radius 1 is 1.10 bits per heavy atom. The summed E-state index contributed by atoms with van der Waals surface area (Å²) in [6.07, 6.45) is -5.08. The molecule has 1 atom stereocenters. The van der Waals surface area contributed by atoms with Gasteiger partial charge in [0.15, 0.2) is 6.04 Å². The van der Waals surface area contributed by atoms with Crippen LogP contribution in [0, 0.1) is 0 Å². The second-order valence-corrected chi connectivity index (χ2v) is 2.62. The molecular formula is C3H3BrF5N. The van der Waals surface area contributed by atoms with Crippen LogP contribution in [0.3, 0.4) is 0 Å². The van der Waals surface area contributed by atoms with E-state index in [1.807, 2.05) is 0 Å². The molecule has 0 aliphatic carbocycles. The molecule has 0 rings (SSSR count). The molecule has 0 saturated carbocycles. The largest absolute Gasteiger partial charge is 0.410 e. The summed E-state index contributed by atoms with van der Waals surface area (Å²) in [6, 6.07) is -3.15. The fourth-order valence-corrected chi connectivity index (χ4v) is 0.445. The van der Waals surface area contributed by atoms with Crippen molar-refractivity contribution in [3.8, 4) is 0 Å². The third-order valence-electron chi connectivity index (χ3n) is 0.705. The normalized spacial score (nSPS) is 17.1. The minimum Gasteiger partial charge on any atom is -0.314 e. The van der Waals surface area contributed by atoms with Gasteiger partial charge in [-0.15, -0.1) is 0 Å². The number of nitrogens with two attached hydrogens (primary N) is 1. The second kappa shape index (κ2) is 2.61. The Balaban J connectivity index is 4.23. The zero-order chi connectivity index (χ0) is 8.58. The van der Waals surface area contributed by atoms with Crippen molar-refractivity contribution < 1.29 is 22.0 Å². The molecule has 0 fully saturated rings. The summed E-state index contributed by atoms with van der Waals surface area (Å²) in [5, 5.41) is 0. The monoisotopic (exact) mass is 227 g/mol. The fourth-order valence-electron chi connectivity index (χ4n) is 0.186. The van der Waals surface area contributed by atoms with Crippen LogP contribution in [0.4, 0.5) is 22.0 Å². The van der Waals surface area contributed by atoms with Crippen LogP contribution in [0.5, 0.6) is 0 Å². The first kappa shape index (κ1) is 10.1. The number of alkyl halides is 6. The Labute approximate surface area is 61.5 Å². The highest BCUT2D eigenvalue weighted by Crippen LogP contribution is 2.34. The van der Waals surface area contributed by atoms with E-state index in [1.165, 1.54) is 15.9 Å². The van der Waals surface area contributed by atoms with Gasteiger partial charge in [0, 0.05) is 0 Å². The molecular weight excluding hydrogens is 225 g/mol. The van der Waals surface area contributed by atoms with Crippen molar-refractivity contribution in [2.75, 3.05) is 0 Å². The topological polar surface area (TPSA) is 26.0 Å². The first-order chi connectivity index (χ1) is 4.15. The van der Waals surface area contributed by atoms with Crippen LogP contribution < -0.4 is 5.73 Å². The molecule has 0 spiro atoms. The number of rotatable bonds is 1. The smallest absolute Gasteiger partial charge is 0.314 e. The highest BCUT2D eigenvalue weighted by molar-refractivity contribution is 9.10. The Kier molecular flexibility index (Phi) is 2.64. The third kappa shape index (κ3) is 2.78. The fraction of sp³-hybridized carbons (Fsp3) is 1.00. The molecule has 1 unspecified atom stereocenters. The highest BCUT2D eigenvalue weighted by Gasteiger charge is 2.51. The van der Waals surface area contributed by atoms with E-state index in [0.717, 1.165) is 0 Å². The molecule has 0 heterocycles. The van der Waals surface area contributed by atoms with Crippen LogP contribution in [-0.2, 0) is 0 Å². The Bertz CT molecular complexity index is 101. The summed E-state index contributed by atoms with van der Waals surface area (Å²) < 4.78 is 57.3. The van der Waals surface area contributed by atoms with E-state index >= 15 is 0 Å². The zero-order valence-electron chi connectivity index (χ0n) is 4.42. The van der Waals surface area contributed by atoms with E-state index < -0.39 is 17.0 Å². The van der Waals surface area contributed by atoms with Gasteiger partial charge in [-0.2, -0.15) is 22.0 Å². The van der Waals surface area contributed by atoms with Gasteiger partial charge in [-0.25, -0.2) is 0 Å². The lowest BCUT2D eigenvalue weighted by molar-refractivity contribution is -0.180. The minimum absolute atomic E-state index is 1.50. The summed E-state index contributed by atoms with van der Waals surface area (Å²) in [4.78, 5) is -4.09. The van der Waals surface area contributed by atoms with Gasteiger partial charge in [0.1, 0.15) is 0 Å². The molecule has 0 saturated heterocycles. The average molecular weight is 228 g/mol. The van der Waals surface area contributed by atoms with Gasteiger partial charge >= 0.3 is 11.0 Å². The summed E-state index contributed by atoms with van der Waals surface area (Å²) in [5.41, 5.74) is 4.11. The van der Waals surface area contributed by atoms with Crippen LogP contribution in [0.2, 0.25) is 0 Å². The zero-order valence-corrected chi connectivity index (χ0v) is 6.01. The van der Waals surface area contributed by atoms with Crippen LogP contribution >= 0.6 is 15.9 Å². The first-order valence-electron chi connectivity index (χ1n) is 2.04. The van der Waals surface area contributed by atoms with Crippen molar-refractivity contribution in [2.24, 2.45) is 5.73 Å². The Morgan fingerprint density at radius 3 is 1.40 bits per heavy atom. The molecule has 0 amide bonds. The highest BCUT2D eigenvalue weighted by atomic mass is 79.9. The predicted molar refractivity (Wildman–Crippen MR) is 27.9 cm³/mol. The van der Waals surface area contributed by atoms with Gasteiger partial charge in [-0.05, 0) is 15.9 Å². The van der Waals surface area contributed by atoms with Crippen LogP contribution in [-0.4, -0.2) is 17.0 Å². The molecule has 2 N–H and O–H groups in total. The van der Waals surface area contributed by atoms with E-state index in [2.05, 4.69) is 5.73 Å². The van der Waals surface area contributed by atoms with Crippen molar-refractivity contribution in [1.82, 2.24) is 0 Å². The van der Waals surface area contributed by atoms with Crippen molar-refractivity contribution >= 4 is 15.9 Å². The van der Waals surface area contributed by atoms with Crippen LogP contribution in [0.25, 0.3) is 0 Å². The van der Waals surface area contributed by atoms with Gasteiger partial charge < -0.3 is 5.73 Å². The van der Waals surface area contributed by atoms with E-state index in [1.54, 1.807) is 0 Å². The lowest BCUT2D eigenvalue weighted by Gasteiger charge is -2.19. The first-order valence-corrected chi connectivity index (χ1v) is 2.84.